The predicted octanol–water partition coefficient (Wildman–Crippen LogP) is 3.08. The molecule has 0 unspecified atom stereocenters. The molecule has 0 aliphatic carbocycles. The second-order valence-corrected chi connectivity index (χ2v) is 6.56. The third kappa shape index (κ3) is 10.2. The summed E-state index contributed by atoms with van der Waals surface area (Å²) in [5.41, 5.74) is 1.49. The van der Waals surface area contributed by atoms with Crippen molar-refractivity contribution in [3.8, 4) is 0 Å². The van der Waals surface area contributed by atoms with Crippen LogP contribution >= 0.6 is 0 Å². The highest BCUT2D eigenvalue weighted by Gasteiger charge is 1.99. The van der Waals surface area contributed by atoms with Crippen molar-refractivity contribution in [1.82, 2.24) is 4.90 Å². The van der Waals surface area contributed by atoms with Gasteiger partial charge in [-0.15, -0.1) is 0 Å². The van der Waals surface area contributed by atoms with Gasteiger partial charge in [0.05, 0.1) is 0 Å². The Morgan fingerprint density at radius 1 is 1.20 bits per heavy atom. The van der Waals surface area contributed by atoms with Crippen molar-refractivity contribution in [1.29, 1.82) is 0 Å². The van der Waals surface area contributed by atoms with Gasteiger partial charge in [-0.3, -0.25) is 0 Å². The number of nitrogens with zero attached hydrogens (tertiary/aromatic N) is 1. The number of hydrogen-bond acceptors (Lipinski definition) is 1. The molecule has 0 radical (unpaired) electrons. The molecule has 0 saturated carbocycles. The van der Waals surface area contributed by atoms with E-state index in [-0.39, 0.29) is 9.52 Å². The Hall–Kier alpha value is -0.0831. The molecule has 0 bridgehead atoms. The first-order chi connectivity index (χ1) is 7.20. The minimum Gasteiger partial charge on any atom is -0.304 e. The van der Waals surface area contributed by atoms with Crippen LogP contribution in [0.25, 0.3) is 0 Å². The van der Waals surface area contributed by atoms with E-state index in [0.29, 0.717) is 0 Å². The van der Waals surface area contributed by atoms with E-state index < -0.39 is 0 Å². The van der Waals surface area contributed by atoms with Gasteiger partial charge >= 0.3 is 0 Å². The normalized spacial score (nSPS) is 11.5. The largest absolute Gasteiger partial charge is 0.304 e. The van der Waals surface area contributed by atoms with Crippen LogP contribution in [0.4, 0.5) is 0 Å². The van der Waals surface area contributed by atoms with Crippen molar-refractivity contribution < 1.29 is 0 Å². The fourth-order valence-electron chi connectivity index (χ4n) is 1.79. The van der Waals surface area contributed by atoms with Crippen LogP contribution in [0.3, 0.4) is 0 Å². The molecular formula is C13H29NSi. The minimum absolute atomic E-state index is 0.201. The van der Waals surface area contributed by atoms with Crippen molar-refractivity contribution in [2.24, 2.45) is 0 Å². The molecular weight excluding hydrogens is 198 g/mol. The lowest BCUT2D eigenvalue weighted by Crippen LogP contribution is -2.25. The van der Waals surface area contributed by atoms with Crippen LogP contribution in [0.1, 0.15) is 40.5 Å². The summed E-state index contributed by atoms with van der Waals surface area (Å²) in [6.07, 6.45) is 5.13. The van der Waals surface area contributed by atoms with Crippen LogP contribution < -0.4 is 0 Å². The number of hydrogen-bond donors (Lipinski definition) is 0. The van der Waals surface area contributed by atoms with Crippen molar-refractivity contribution in [3.63, 3.8) is 0 Å². The van der Waals surface area contributed by atoms with E-state index in [0.717, 1.165) is 0 Å². The first-order valence-corrected chi connectivity index (χ1v) is 8.56. The van der Waals surface area contributed by atoms with E-state index in [1.807, 2.05) is 0 Å². The van der Waals surface area contributed by atoms with E-state index in [1.54, 1.807) is 0 Å². The molecule has 0 N–H and O–H groups in total. The zero-order valence-corrected chi connectivity index (χ0v) is 12.6. The minimum atomic E-state index is 0.201. The molecule has 0 saturated heterocycles. The van der Waals surface area contributed by atoms with Gasteiger partial charge in [0.1, 0.15) is 0 Å². The van der Waals surface area contributed by atoms with Gasteiger partial charge in [-0.25, -0.2) is 0 Å². The van der Waals surface area contributed by atoms with Crippen LogP contribution in [-0.2, 0) is 0 Å². The molecule has 0 aromatic carbocycles. The maximum absolute atomic E-state index is 2.58. The average molecular weight is 227 g/mol. The number of rotatable bonds is 9. The molecule has 0 fully saturated rings. The second kappa shape index (κ2) is 10.4. The van der Waals surface area contributed by atoms with Gasteiger partial charge in [-0.1, -0.05) is 31.5 Å². The molecule has 90 valence electrons. The van der Waals surface area contributed by atoms with E-state index in [2.05, 4.69) is 38.7 Å². The molecule has 0 aliphatic heterocycles. The van der Waals surface area contributed by atoms with Crippen LogP contribution in [0, 0.1) is 0 Å². The van der Waals surface area contributed by atoms with Crippen LogP contribution in [-0.4, -0.2) is 34.1 Å². The highest BCUT2D eigenvalue weighted by Crippen LogP contribution is 2.00. The fourth-order valence-corrected chi connectivity index (χ4v) is 3.44. The third-order valence-electron chi connectivity index (χ3n) is 2.72. The lowest BCUT2D eigenvalue weighted by Gasteiger charge is -2.18. The quantitative estimate of drug-likeness (QED) is 0.332. The Balaban J connectivity index is 3.32. The third-order valence-corrected chi connectivity index (χ3v) is 4.42. The first-order valence-electron chi connectivity index (χ1n) is 6.56. The molecule has 0 rings (SSSR count). The Morgan fingerprint density at radius 3 is 2.47 bits per heavy atom. The van der Waals surface area contributed by atoms with Gasteiger partial charge in [0, 0.05) is 9.52 Å². The van der Waals surface area contributed by atoms with Gasteiger partial charge in [0.25, 0.3) is 0 Å². The topological polar surface area (TPSA) is 3.24 Å². The summed E-state index contributed by atoms with van der Waals surface area (Å²) in [5.74, 6) is 0. The molecule has 0 atom stereocenters. The SMILES string of the molecule is CCCN(CC)CCC[SiH2]CC=C(C)C. The van der Waals surface area contributed by atoms with Gasteiger partial charge < -0.3 is 4.90 Å². The van der Waals surface area contributed by atoms with E-state index >= 15 is 0 Å². The average Bonchev–Trinajstić information content (AvgIpc) is 2.21. The summed E-state index contributed by atoms with van der Waals surface area (Å²) in [6, 6.07) is 2.92. The fraction of sp³-hybridized carbons (Fsp3) is 0.846. The zero-order chi connectivity index (χ0) is 11.5. The number of allylic oxidation sites excluding steroid dienone is 2. The Kier molecular flexibility index (Phi) is 10.4. The lowest BCUT2D eigenvalue weighted by atomic mass is 10.3. The second-order valence-electron chi connectivity index (χ2n) is 4.57. The van der Waals surface area contributed by atoms with Crippen LogP contribution in [0.5, 0.6) is 0 Å². The van der Waals surface area contributed by atoms with Crippen molar-refractivity contribution in [2.75, 3.05) is 19.6 Å². The summed E-state index contributed by atoms with van der Waals surface area (Å²) in [5, 5.41) is 0. The van der Waals surface area contributed by atoms with Gasteiger partial charge in [-0.2, -0.15) is 0 Å². The van der Waals surface area contributed by atoms with E-state index in [4.69, 9.17) is 0 Å². The van der Waals surface area contributed by atoms with Gasteiger partial charge in [0.15, 0.2) is 0 Å². The van der Waals surface area contributed by atoms with Crippen molar-refractivity contribution >= 4 is 9.52 Å². The zero-order valence-electron chi connectivity index (χ0n) is 11.2. The standard InChI is InChI=1S/C13H29NSi/c1-5-9-14(6-2)10-7-11-15-12-8-13(3)4/h8H,5-7,9-12,15H2,1-4H3. The Labute approximate surface area is 98.8 Å². The first kappa shape index (κ1) is 14.9. The van der Waals surface area contributed by atoms with Crippen molar-refractivity contribution in [2.45, 2.75) is 52.6 Å². The monoisotopic (exact) mass is 227 g/mol. The van der Waals surface area contributed by atoms with Crippen LogP contribution in [0.2, 0.25) is 12.1 Å². The molecule has 0 aromatic rings. The van der Waals surface area contributed by atoms with E-state index in [9.17, 15) is 0 Å². The summed E-state index contributed by atoms with van der Waals surface area (Å²) in [4.78, 5) is 2.58. The smallest absolute Gasteiger partial charge is 0.0240 e. The molecule has 0 aromatic heterocycles. The highest BCUT2D eigenvalue weighted by atomic mass is 28.2. The van der Waals surface area contributed by atoms with Gasteiger partial charge in [0.2, 0.25) is 0 Å². The molecule has 1 nitrogen and oxygen atoms in total. The summed E-state index contributed by atoms with van der Waals surface area (Å²) in [6.45, 7) is 12.8. The highest BCUT2D eigenvalue weighted by molar-refractivity contribution is 6.36. The van der Waals surface area contributed by atoms with E-state index in [1.165, 1.54) is 50.1 Å². The summed E-state index contributed by atoms with van der Waals surface area (Å²) >= 11 is 0. The maximum atomic E-state index is 2.58. The Bertz CT molecular complexity index is 162. The molecule has 15 heavy (non-hydrogen) atoms. The lowest BCUT2D eigenvalue weighted by molar-refractivity contribution is 0.289. The molecule has 0 spiro atoms. The summed E-state index contributed by atoms with van der Waals surface area (Å²) in [7, 11) is 0.201. The molecule has 0 amide bonds. The van der Waals surface area contributed by atoms with Crippen LogP contribution in [0.15, 0.2) is 11.6 Å². The maximum Gasteiger partial charge on any atom is 0.0240 e. The summed E-state index contributed by atoms with van der Waals surface area (Å²) < 4.78 is 0. The van der Waals surface area contributed by atoms with Gasteiger partial charge in [-0.05, 0) is 52.4 Å². The molecule has 0 heterocycles. The predicted molar refractivity (Wildman–Crippen MR) is 74.6 cm³/mol. The Morgan fingerprint density at radius 2 is 1.93 bits per heavy atom. The molecule has 0 aliphatic rings. The molecule has 2 heteroatoms. The van der Waals surface area contributed by atoms with Crippen molar-refractivity contribution in [3.05, 3.63) is 11.6 Å².